The number of hydrogen-bond acceptors (Lipinski definition) is 6. The first-order valence-corrected chi connectivity index (χ1v) is 5.54. The fourth-order valence-electron chi connectivity index (χ4n) is 1.65. The van der Waals surface area contributed by atoms with E-state index >= 15 is 0 Å². The van der Waals surface area contributed by atoms with Crippen LogP contribution in [-0.2, 0) is 19.2 Å². The van der Waals surface area contributed by atoms with E-state index in [0.29, 0.717) is 0 Å². The molecule has 0 aromatic rings. The highest BCUT2D eigenvalue weighted by Crippen LogP contribution is 2.26. The molecule has 0 aliphatic carbocycles. The fourth-order valence-corrected chi connectivity index (χ4v) is 1.65. The van der Waals surface area contributed by atoms with Gasteiger partial charge in [0, 0.05) is 6.42 Å². The first-order chi connectivity index (χ1) is 9.02. The average Bonchev–Trinajstić information content (AvgIpc) is 2.31. The summed E-state index contributed by atoms with van der Waals surface area (Å²) in [6.07, 6.45) is -1.68. The van der Waals surface area contributed by atoms with Crippen LogP contribution in [0.4, 0.5) is 0 Å². The van der Waals surface area contributed by atoms with Crippen molar-refractivity contribution in [3.63, 3.8) is 0 Å². The van der Waals surface area contributed by atoms with Gasteiger partial charge >= 0.3 is 17.9 Å². The van der Waals surface area contributed by atoms with Crippen LogP contribution >= 0.6 is 0 Å². The van der Waals surface area contributed by atoms with Crippen molar-refractivity contribution in [2.24, 2.45) is 23.1 Å². The summed E-state index contributed by atoms with van der Waals surface area (Å²) in [6, 6.07) is -1.59. The molecule has 3 atom stereocenters. The maximum atomic E-state index is 11.2. The van der Waals surface area contributed by atoms with Gasteiger partial charge in [-0.1, -0.05) is 0 Å². The van der Waals surface area contributed by atoms with E-state index in [-0.39, 0.29) is 0 Å². The zero-order chi connectivity index (χ0) is 16.1. The van der Waals surface area contributed by atoms with E-state index in [1.54, 1.807) is 0 Å². The zero-order valence-corrected chi connectivity index (χ0v) is 10.5. The molecule has 0 aliphatic rings. The van der Waals surface area contributed by atoms with Crippen LogP contribution in [0.3, 0.4) is 0 Å². The molecule has 0 saturated heterocycles. The lowest BCUT2D eigenvalue weighted by Crippen LogP contribution is -2.58. The Bertz CT molecular complexity index is 425. The topological polar surface area (TPSA) is 207 Å². The van der Waals surface area contributed by atoms with Gasteiger partial charge < -0.3 is 32.5 Å². The summed E-state index contributed by atoms with van der Waals surface area (Å²) >= 11 is 0. The lowest BCUT2D eigenvalue weighted by Gasteiger charge is -2.31. The van der Waals surface area contributed by atoms with Crippen LogP contribution in [0.15, 0.2) is 0 Å². The highest BCUT2D eigenvalue weighted by molar-refractivity contribution is 5.88. The van der Waals surface area contributed by atoms with Crippen molar-refractivity contribution in [2.75, 3.05) is 0 Å². The molecule has 1 unspecified atom stereocenters. The number of hydrogen-bond donors (Lipinski definition) is 6. The Kier molecular flexibility index (Phi) is 6.07. The van der Waals surface area contributed by atoms with Crippen LogP contribution in [0.25, 0.3) is 0 Å². The Balaban J connectivity index is 5.33. The van der Waals surface area contributed by atoms with E-state index in [0.717, 1.165) is 0 Å². The normalized spacial score (nSPS) is 16.7. The summed E-state index contributed by atoms with van der Waals surface area (Å²) in [5, 5.41) is 26.8. The molecule has 0 aliphatic heterocycles. The highest BCUT2D eigenvalue weighted by atomic mass is 16.4. The minimum Gasteiger partial charge on any atom is -0.481 e. The molecule has 10 heteroatoms. The maximum Gasteiger partial charge on any atom is 0.324 e. The predicted octanol–water partition coefficient (Wildman–Crippen LogP) is -2.46. The van der Waals surface area contributed by atoms with Gasteiger partial charge in [-0.25, -0.2) is 0 Å². The van der Waals surface area contributed by atoms with Crippen molar-refractivity contribution in [1.82, 2.24) is 0 Å². The van der Waals surface area contributed by atoms with Gasteiger partial charge in [0.1, 0.15) is 11.6 Å². The molecule has 0 aromatic heterocycles. The number of primary amides is 1. The molecule has 0 saturated carbocycles. The summed E-state index contributed by atoms with van der Waals surface area (Å²) in [5.74, 6) is -7.41. The first kappa shape index (κ1) is 17.8. The molecular formula is C10H17N3O7. The van der Waals surface area contributed by atoms with Gasteiger partial charge in [0.25, 0.3) is 0 Å². The number of amides is 1. The third kappa shape index (κ3) is 4.48. The predicted molar refractivity (Wildman–Crippen MR) is 64.3 cm³/mol. The largest absolute Gasteiger partial charge is 0.481 e. The Labute approximate surface area is 113 Å². The molecule has 0 spiro atoms. The summed E-state index contributed by atoms with van der Waals surface area (Å²) in [5.41, 5.74) is 13.3. The minimum absolute atomic E-state index is 0.450. The number of aliphatic carboxylic acids is 3. The second kappa shape index (κ2) is 6.82. The second-order valence-corrected chi connectivity index (χ2v) is 4.38. The van der Waals surface area contributed by atoms with Gasteiger partial charge in [0.05, 0.1) is 5.92 Å². The van der Waals surface area contributed by atoms with E-state index in [4.69, 9.17) is 32.5 Å². The van der Waals surface area contributed by atoms with Crippen LogP contribution in [0.2, 0.25) is 0 Å². The summed E-state index contributed by atoms with van der Waals surface area (Å²) in [6.45, 7) is 0. The van der Waals surface area contributed by atoms with E-state index in [2.05, 4.69) is 0 Å². The fraction of sp³-hybridized carbons (Fsp3) is 0.600. The second-order valence-electron chi connectivity index (χ2n) is 4.38. The zero-order valence-electron chi connectivity index (χ0n) is 10.5. The standard InChI is InChI=1S/C10H17N3O7/c11-5(8(17)18)3-4(7(15)16)10(13,9(19)20)2-1-6(12)14/h4-5H,1-3,11,13H2,(H2,12,14)(H,15,16)(H,17,18)(H,19,20)/t4?,5-,10+/m0/s1. The number of carboxylic acids is 3. The number of rotatable bonds is 9. The maximum absolute atomic E-state index is 11.2. The molecule has 9 N–H and O–H groups in total. The molecule has 0 bridgehead atoms. The number of carbonyl (C=O) groups is 4. The molecule has 0 radical (unpaired) electrons. The van der Waals surface area contributed by atoms with Gasteiger partial charge in [-0.05, 0) is 12.8 Å². The Hall–Kier alpha value is -2.20. The monoisotopic (exact) mass is 291 g/mol. The highest BCUT2D eigenvalue weighted by Gasteiger charge is 2.47. The molecule has 114 valence electrons. The van der Waals surface area contributed by atoms with Gasteiger partial charge in [0.2, 0.25) is 5.91 Å². The molecule has 0 fully saturated rings. The Morgan fingerprint density at radius 1 is 1.05 bits per heavy atom. The van der Waals surface area contributed by atoms with Crippen LogP contribution in [0, 0.1) is 5.92 Å². The summed E-state index contributed by atoms with van der Waals surface area (Å²) in [4.78, 5) is 43.7. The first-order valence-electron chi connectivity index (χ1n) is 5.54. The Morgan fingerprint density at radius 3 is 1.85 bits per heavy atom. The van der Waals surface area contributed by atoms with E-state index in [1.807, 2.05) is 0 Å². The lowest BCUT2D eigenvalue weighted by atomic mass is 9.77. The van der Waals surface area contributed by atoms with Gasteiger partial charge in [-0.15, -0.1) is 0 Å². The van der Waals surface area contributed by atoms with Crippen molar-refractivity contribution in [2.45, 2.75) is 30.8 Å². The molecular weight excluding hydrogens is 274 g/mol. The third-order valence-electron chi connectivity index (χ3n) is 2.91. The molecule has 1 amide bonds. The summed E-state index contributed by atoms with van der Waals surface area (Å²) < 4.78 is 0. The van der Waals surface area contributed by atoms with Gasteiger partial charge in [-0.3, -0.25) is 19.2 Å². The quantitative estimate of drug-likeness (QED) is 0.265. The molecule has 0 heterocycles. The summed E-state index contributed by atoms with van der Waals surface area (Å²) in [7, 11) is 0. The van der Waals surface area contributed by atoms with Crippen molar-refractivity contribution < 1.29 is 34.5 Å². The van der Waals surface area contributed by atoms with Crippen molar-refractivity contribution in [1.29, 1.82) is 0 Å². The van der Waals surface area contributed by atoms with E-state index in [9.17, 15) is 19.2 Å². The van der Waals surface area contributed by atoms with Gasteiger partial charge in [0.15, 0.2) is 0 Å². The van der Waals surface area contributed by atoms with Crippen molar-refractivity contribution >= 4 is 23.8 Å². The van der Waals surface area contributed by atoms with E-state index in [1.165, 1.54) is 0 Å². The third-order valence-corrected chi connectivity index (χ3v) is 2.91. The van der Waals surface area contributed by atoms with Gasteiger partial charge in [-0.2, -0.15) is 0 Å². The lowest BCUT2D eigenvalue weighted by molar-refractivity contribution is -0.157. The SMILES string of the molecule is NC(=O)CC[C@](N)(C(=O)O)C(C[C@H](N)C(=O)O)C(=O)O. The van der Waals surface area contributed by atoms with Crippen LogP contribution < -0.4 is 17.2 Å². The smallest absolute Gasteiger partial charge is 0.324 e. The van der Waals surface area contributed by atoms with Crippen LogP contribution in [0.5, 0.6) is 0 Å². The molecule has 0 rings (SSSR count). The minimum atomic E-state index is -2.34. The molecule has 0 aromatic carbocycles. The van der Waals surface area contributed by atoms with E-state index < -0.39 is 60.6 Å². The number of carboxylic acid groups (broad SMARTS) is 3. The van der Waals surface area contributed by atoms with Crippen LogP contribution in [-0.4, -0.2) is 50.7 Å². The number of carbonyl (C=O) groups excluding carboxylic acids is 1. The Morgan fingerprint density at radius 2 is 1.55 bits per heavy atom. The molecule has 20 heavy (non-hydrogen) atoms. The van der Waals surface area contributed by atoms with Crippen molar-refractivity contribution in [3.05, 3.63) is 0 Å². The average molecular weight is 291 g/mol. The van der Waals surface area contributed by atoms with Crippen LogP contribution in [0.1, 0.15) is 19.3 Å². The van der Waals surface area contributed by atoms with Crippen molar-refractivity contribution in [3.8, 4) is 0 Å². The molecule has 10 nitrogen and oxygen atoms in total. The number of nitrogens with two attached hydrogens (primary N) is 3.